The zero-order chi connectivity index (χ0) is 9.86. The van der Waals surface area contributed by atoms with E-state index in [2.05, 4.69) is 16.3 Å². The van der Waals surface area contributed by atoms with Gasteiger partial charge in [0, 0.05) is 19.6 Å². The number of hydrogen-bond donors (Lipinski definition) is 1. The average molecular weight is 193 g/mol. The van der Waals surface area contributed by atoms with Crippen LogP contribution in [0.2, 0.25) is 0 Å². The van der Waals surface area contributed by atoms with Crippen molar-refractivity contribution in [2.24, 2.45) is 0 Å². The summed E-state index contributed by atoms with van der Waals surface area (Å²) in [5.74, 6) is 0. The van der Waals surface area contributed by atoms with Crippen LogP contribution in [0, 0.1) is 11.3 Å². The monoisotopic (exact) mass is 193 g/mol. The molecule has 1 aliphatic carbocycles. The Bertz CT molecular complexity index is 217. The van der Waals surface area contributed by atoms with E-state index in [1.54, 1.807) is 0 Å². The first-order valence-corrected chi connectivity index (χ1v) is 5.74. The van der Waals surface area contributed by atoms with Gasteiger partial charge < -0.3 is 5.32 Å². The van der Waals surface area contributed by atoms with Crippen LogP contribution in [0.25, 0.3) is 0 Å². The van der Waals surface area contributed by atoms with Gasteiger partial charge in [-0.15, -0.1) is 0 Å². The lowest BCUT2D eigenvalue weighted by Gasteiger charge is -2.34. The molecule has 0 amide bonds. The summed E-state index contributed by atoms with van der Waals surface area (Å²) < 4.78 is 0. The molecule has 0 atom stereocenters. The first-order chi connectivity index (χ1) is 6.87. The summed E-state index contributed by atoms with van der Waals surface area (Å²) in [6.07, 6.45) is 5.82. The molecule has 3 heteroatoms. The predicted octanol–water partition coefficient (Wildman–Crippen LogP) is 1.12. The molecule has 1 N–H and O–H groups in total. The Kier molecular flexibility index (Phi) is 3.05. The molecule has 0 aromatic rings. The van der Waals surface area contributed by atoms with E-state index in [4.69, 9.17) is 0 Å². The fourth-order valence-electron chi connectivity index (χ4n) is 2.73. The highest BCUT2D eigenvalue weighted by atomic mass is 15.2. The van der Waals surface area contributed by atoms with Gasteiger partial charge in [0.25, 0.3) is 0 Å². The molecule has 1 heterocycles. The fourth-order valence-corrected chi connectivity index (χ4v) is 2.73. The Balaban J connectivity index is 2.06. The molecule has 0 bridgehead atoms. The lowest BCUT2D eigenvalue weighted by Crippen LogP contribution is -2.47. The van der Waals surface area contributed by atoms with Gasteiger partial charge in [0.1, 0.15) is 5.54 Å². The molecule has 0 aromatic heterocycles. The minimum atomic E-state index is -0.105. The number of nitriles is 1. The van der Waals surface area contributed by atoms with Gasteiger partial charge in [-0.1, -0.05) is 12.8 Å². The van der Waals surface area contributed by atoms with Crippen LogP contribution >= 0.6 is 0 Å². The van der Waals surface area contributed by atoms with Crippen molar-refractivity contribution in [3.8, 4) is 6.07 Å². The Hall–Kier alpha value is -0.590. The van der Waals surface area contributed by atoms with E-state index in [0.29, 0.717) is 0 Å². The molecule has 1 saturated heterocycles. The van der Waals surface area contributed by atoms with Crippen LogP contribution in [-0.4, -0.2) is 36.6 Å². The third kappa shape index (κ3) is 1.77. The number of nitrogens with zero attached hydrogens (tertiary/aromatic N) is 2. The van der Waals surface area contributed by atoms with Crippen LogP contribution < -0.4 is 5.32 Å². The van der Waals surface area contributed by atoms with Crippen molar-refractivity contribution in [1.82, 2.24) is 10.2 Å². The molecule has 3 nitrogen and oxygen atoms in total. The van der Waals surface area contributed by atoms with Crippen molar-refractivity contribution < 1.29 is 0 Å². The van der Waals surface area contributed by atoms with E-state index in [0.717, 1.165) is 39.0 Å². The van der Waals surface area contributed by atoms with Gasteiger partial charge in [-0.05, 0) is 25.8 Å². The SMILES string of the molecule is N#CC1(N2CCCNCC2)CCCC1. The van der Waals surface area contributed by atoms with Gasteiger partial charge >= 0.3 is 0 Å². The van der Waals surface area contributed by atoms with Crippen molar-refractivity contribution in [2.45, 2.75) is 37.6 Å². The summed E-state index contributed by atoms with van der Waals surface area (Å²) in [6.45, 7) is 4.30. The van der Waals surface area contributed by atoms with E-state index < -0.39 is 0 Å². The second kappa shape index (κ2) is 4.29. The van der Waals surface area contributed by atoms with Crippen molar-refractivity contribution >= 4 is 0 Å². The molecule has 2 rings (SSSR count). The van der Waals surface area contributed by atoms with E-state index >= 15 is 0 Å². The molecule has 0 spiro atoms. The van der Waals surface area contributed by atoms with Crippen LogP contribution in [-0.2, 0) is 0 Å². The predicted molar refractivity (Wildman–Crippen MR) is 55.9 cm³/mol. The second-order valence-corrected chi connectivity index (χ2v) is 4.44. The third-order valence-electron chi connectivity index (χ3n) is 3.58. The van der Waals surface area contributed by atoms with Crippen LogP contribution in [0.4, 0.5) is 0 Å². The van der Waals surface area contributed by atoms with Gasteiger partial charge in [0.15, 0.2) is 0 Å². The molecule has 2 aliphatic rings. The minimum absolute atomic E-state index is 0.105. The maximum absolute atomic E-state index is 9.35. The van der Waals surface area contributed by atoms with Gasteiger partial charge in [-0.2, -0.15) is 5.26 Å². The van der Waals surface area contributed by atoms with Gasteiger partial charge in [-0.3, -0.25) is 4.90 Å². The topological polar surface area (TPSA) is 39.1 Å². The number of nitrogens with one attached hydrogen (secondary N) is 1. The van der Waals surface area contributed by atoms with Crippen molar-refractivity contribution in [2.75, 3.05) is 26.2 Å². The van der Waals surface area contributed by atoms with Crippen LogP contribution in [0.15, 0.2) is 0 Å². The molecule has 14 heavy (non-hydrogen) atoms. The molecule has 0 radical (unpaired) electrons. The van der Waals surface area contributed by atoms with E-state index in [-0.39, 0.29) is 5.54 Å². The fraction of sp³-hybridized carbons (Fsp3) is 0.909. The zero-order valence-corrected chi connectivity index (χ0v) is 8.76. The highest BCUT2D eigenvalue weighted by molar-refractivity contribution is 5.11. The smallest absolute Gasteiger partial charge is 0.109 e. The van der Waals surface area contributed by atoms with E-state index in [9.17, 15) is 5.26 Å². The number of rotatable bonds is 1. The third-order valence-corrected chi connectivity index (χ3v) is 3.58. The standard InChI is InChI=1S/C11H19N3/c12-10-11(4-1-2-5-11)14-8-3-6-13-7-9-14/h13H,1-9H2. The highest BCUT2D eigenvalue weighted by Gasteiger charge is 2.39. The zero-order valence-electron chi connectivity index (χ0n) is 8.76. The maximum Gasteiger partial charge on any atom is 0.109 e. The summed E-state index contributed by atoms with van der Waals surface area (Å²) in [7, 11) is 0. The summed E-state index contributed by atoms with van der Waals surface area (Å²) in [4.78, 5) is 2.42. The largest absolute Gasteiger partial charge is 0.315 e. The van der Waals surface area contributed by atoms with E-state index in [1.165, 1.54) is 19.3 Å². The molecule has 1 saturated carbocycles. The minimum Gasteiger partial charge on any atom is -0.315 e. The molecule has 0 aromatic carbocycles. The molecule has 0 unspecified atom stereocenters. The summed E-state index contributed by atoms with van der Waals surface area (Å²) in [5, 5.41) is 12.7. The van der Waals surface area contributed by atoms with Crippen molar-refractivity contribution in [3.63, 3.8) is 0 Å². The maximum atomic E-state index is 9.35. The van der Waals surface area contributed by atoms with Crippen LogP contribution in [0.1, 0.15) is 32.1 Å². The quantitative estimate of drug-likeness (QED) is 0.678. The van der Waals surface area contributed by atoms with Crippen LogP contribution in [0.5, 0.6) is 0 Å². The first kappa shape index (κ1) is 9.95. The normalized spacial score (nSPS) is 28.2. The van der Waals surface area contributed by atoms with Gasteiger partial charge in [-0.25, -0.2) is 0 Å². The molecule has 2 fully saturated rings. The average Bonchev–Trinajstić information content (AvgIpc) is 2.54. The molecular weight excluding hydrogens is 174 g/mol. The van der Waals surface area contributed by atoms with Crippen molar-refractivity contribution in [3.05, 3.63) is 0 Å². The highest BCUT2D eigenvalue weighted by Crippen LogP contribution is 2.34. The Morgan fingerprint density at radius 3 is 2.57 bits per heavy atom. The first-order valence-electron chi connectivity index (χ1n) is 5.74. The van der Waals surface area contributed by atoms with Crippen molar-refractivity contribution in [1.29, 1.82) is 5.26 Å². The summed E-state index contributed by atoms with van der Waals surface area (Å²) >= 11 is 0. The number of hydrogen-bond acceptors (Lipinski definition) is 3. The van der Waals surface area contributed by atoms with Crippen LogP contribution in [0.3, 0.4) is 0 Å². The lowest BCUT2D eigenvalue weighted by atomic mass is 9.97. The van der Waals surface area contributed by atoms with Gasteiger partial charge in [0.2, 0.25) is 0 Å². The Labute approximate surface area is 86.1 Å². The molecule has 1 aliphatic heterocycles. The Morgan fingerprint density at radius 1 is 1.07 bits per heavy atom. The molecule has 78 valence electrons. The second-order valence-electron chi connectivity index (χ2n) is 4.44. The lowest BCUT2D eigenvalue weighted by molar-refractivity contribution is 0.151. The summed E-state index contributed by atoms with van der Waals surface area (Å²) in [5.41, 5.74) is -0.105. The van der Waals surface area contributed by atoms with E-state index in [1.807, 2.05) is 0 Å². The Morgan fingerprint density at radius 2 is 1.86 bits per heavy atom. The molecular formula is C11H19N3. The van der Waals surface area contributed by atoms with Gasteiger partial charge in [0.05, 0.1) is 6.07 Å². The summed E-state index contributed by atoms with van der Waals surface area (Å²) in [6, 6.07) is 2.57.